The first kappa shape index (κ1) is 22.6. The minimum atomic E-state index is -1.69. The van der Waals surface area contributed by atoms with Crippen molar-refractivity contribution >= 4 is 34.4 Å². The molecule has 0 radical (unpaired) electrons. The fraction of sp³-hybridized carbons (Fsp3) is 0.320. The fourth-order valence-electron chi connectivity index (χ4n) is 4.27. The van der Waals surface area contributed by atoms with Gasteiger partial charge in [-0.1, -0.05) is 17.9 Å². The highest BCUT2D eigenvalue weighted by atomic mass is 16.3. The number of pyridine rings is 1. The first-order chi connectivity index (χ1) is 16.7. The van der Waals surface area contributed by atoms with Gasteiger partial charge in [-0.15, -0.1) is 0 Å². The summed E-state index contributed by atoms with van der Waals surface area (Å²) in [5.41, 5.74) is 1.03. The maximum absolute atomic E-state index is 13.0. The lowest BCUT2D eigenvalue weighted by molar-refractivity contribution is -0.137. The van der Waals surface area contributed by atoms with Crippen molar-refractivity contribution in [3.8, 4) is 11.8 Å². The number of nitrogens with zero attached hydrogens (tertiary/aromatic N) is 4. The van der Waals surface area contributed by atoms with Gasteiger partial charge in [0.25, 0.3) is 11.8 Å². The van der Waals surface area contributed by atoms with Crippen LogP contribution >= 0.6 is 0 Å². The van der Waals surface area contributed by atoms with Gasteiger partial charge in [-0.25, -0.2) is 4.98 Å². The first-order valence-electron chi connectivity index (χ1n) is 11.3. The Hall–Kier alpha value is -4.23. The summed E-state index contributed by atoms with van der Waals surface area (Å²) in [5, 5.41) is 20.8. The molecular weight excluding hydrogens is 448 g/mol. The van der Waals surface area contributed by atoms with Crippen molar-refractivity contribution in [3.05, 3.63) is 53.3 Å². The molecule has 2 saturated heterocycles. The first-order valence-corrected chi connectivity index (χ1v) is 11.3. The van der Waals surface area contributed by atoms with Gasteiger partial charge in [0.15, 0.2) is 11.3 Å². The molecule has 5 rings (SSSR count). The van der Waals surface area contributed by atoms with Crippen molar-refractivity contribution < 1.29 is 19.5 Å². The SMILES string of the molecule is CC(=O)N1CC(c2cnc3[nH]nc(C(=O)Nc4cccc(C#C[C@]5(O)CCN(C)C5=O)c4)c3c2)C1. The summed E-state index contributed by atoms with van der Waals surface area (Å²) in [6.07, 6.45) is 1.99. The van der Waals surface area contributed by atoms with Crippen molar-refractivity contribution in [3.63, 3.8) is 0 Å². The second-order valence-corrected chi connectivity index (χ2v) is 8.98. The lowest BCUT2D eigenvalue weighted by atomic mass is 9.92. The number of hydrogen-bond donors (Lipinski definition) is 3. The number of aliphatic hydroxyl groups is 1. The molecule has 0 saturated carbocycles. The average Bonchev–Trinajstić information content (AvgIpc) is 3.33. The Morgan fingerprint density at radius 3 is 2.80 bits per heavy atom. The number of carbonyl (C=O) groups is 3. The summed E-state index contributed by atoms with van der Waals surface area (Å²) >= 11 is 0. The van der Waals surface area contributed by atoms with E-state index in [-0.39, 0.29) is 23.9 Å². The van der Waals surface area contributed by atoms with Crippen molar-refractivity contribution in [2.75, 3.05) is 32.0 Å². The molecule has 3 amide bonds. The minimum Gasteiger partial charge on any atom is -0.369 e. The van der Waals surface area contributed by atoms with Crippen LogP contribution in [0.1, 0.15) is 40.9 Å². The highest BCUT2D eigenvalue weighted by molar-refractivity contribution is 6.10. The van der Waals surface area contributed by atoms with Crippen molar-refractivity contribution in [1.29, 1.82) is 0 Å². The monoisotopic (exact) mass is 472 g/mol. The van der Waals surface area contributed by atoms with E-state index in [9.17, 15) is 19.5 Å². The maximum atomic E-state index is 13.0. The number of aromatic nitrogens is 3. The van der Waals surface area contributed by atoms with Crippen LogP contribution in [0.3, 0.4) is 0 Å². The fourth-order valence-corrected chi connectivity index (χ4v) is 4.27. The van der Waals surface area contributed by atoms with Crippen LogP contribution in [-0.2, 0) is 9.59 Å². The lowest BCUT2D eigenvalue weighted by Gasteiger charge is -2.38. The summed E-state index contributed by atoms with van der Waals surface area (Å²) in [4.78, 5) is 44.2. The molecule has 2 aliphatic heterocycles. The van der Waals surface area contributed by atoms with E-state index in [4.69, 9.17) is 0 Å². The number of likely N-dealkylation sites (N-methyl/N-ethyl adjacent to an activating group) is 1. The number of benzene rings is 1. The molecule has 4 heterocycles. The summed E-state index contributed by atoms with van der Waals surface area (Å²) in [5.74, 6) is 4.92. The number of amides is 3. The van der Waals surface area contributed by atoms with Crippen LogP contribution < -0.4 is 5.32 Å². The number of nitrogens with one attached hydrogen (secondary N) is 2. The van der Waals surface area contributed by atoms with E-state index in [0.29, 0.717) is 41.9 Å². The van der Waals surface area contributed by atoms with E-state index >= 15 is 0 Å². The molecule has 1 aromatic carbocycles. The Morgan fingerprint density at radius 1 is 1.29 bits per heavy atom. The predicted molar refractivity (Wildman–Crippen MR) is 127 cm³/mol. The molecule has 2 aromatic heterocycles. The third kappa shape index (κ3) is 4.22. The molecule has 2 fully saturated rings. The van der Waals surface area contributed by atoms with E-state index in [1.165, 1.54) is 4.90 Å². The number of anilines is 1. The van der Waals surface area contributed by atoms with Gasteiger partial charge in [-0.2, -0.15) is 5.10 Å². The van der Waals surface area contributed by atoms with Gasteiger partial charge in [-0.05, 0) is 29.8 Å². The lowest BCUT2D eigenvalue weighted by Crippen LogP contribution is -2.47. The van der Waals surface area contributed by atoms with Crippen LogP contribution in [0.15, 0.2) is 36.5 Å². The third-order valence-corrected chi connectivity index (χ3v) is 6.49. The molecule has 0 bridgehead atoms. The standard InChI is InChI=1S/C25H24N6O4/c1-15(32)31-13-18(14-31)17-11-20-21(28-29-22(20)26-12-17)23(33)27-19-5-3-4-16(10-19)6-7-25(35)8-9-30(2)24(25)34/h3-5,10-12,18,35H,8-9,13-14H2,1-2H3,(H,27,33)(H,26,28,29)/t25-/m0/s1. The maximum Gasteiger partial charge on any atom is 0.276 e. The second-order valence-electron chi connectivity index (χ2n) is 8.98. The summed E-state index contributed by atoms with van der Waals surface area (Å²) in [7, 11) is 1.63. The van der Waals surface area contributed by atoms with Crippen LogP contribution in [0.25, 0.3) is 11.0 Å². The van der Waals surface area contributed by atoms with Crippen LogP contribution in [0, 0.1) is 11.8 Å². The Bertz CT molecular complexity index is 1410. The van der Waals surface area contributed by atoms with Crippen molar-refractivity contribution in [1.82, 2.24) is 25.0 Å². The van der Waals surface area contributed by atoms with E-state index < -0.39 is 17.4 Å². The zero-order valence-electron chi connectivity index (χ0n) is 19.3. The van der Waals surface area contributed by atoms with Gasteiger partial charge in [0.05, 0.1) is 5.39 Å². The Balaban J connectivity index is 1.33. The number of H-pyrrole nitrogens is 1. The van der Waals surface area contributed by atoms with Gasteiger partial charge >= 0.3 is 0 Å². The number of aromatic amines is 1. The summed E-state index contributed by atoms with van der Waals surface area (Å²) in [6.45, 7) is 3.26. The van der Waals surface area contributed by atoms with Crippen LogP contribution in [0.2, 0.25) is 0 Å². The second kappa shape index (κ2) is 8.52. The Morgan fingerprint density at radius 2 is 2.09 bits per heavy atom. The molecule has 0 aliphatic carbocycles. The molecule has 1 atom stereocenters. The van der Waals surface area contributed by atoms with E-state index in [1.54, 1.807) is 49.3 Å². The topological polar surface area (TPSA) is 132 Å². The molecule has 10 heteroatoms. The largest absolute Gasteiger partial charge is 0.369 e. The van der Waals surface area contributed by atoms with Gasteiger partial charge in [0, 0.05) is 63.4 Å². The average molecular weight is 473 g/mol. The molecular formula is C25H24N6O4. The van der Waals surface area contributed by atoms with Crippen LogP contribution in [0.5, 0.6) is 0 Å². The van der Waals surface area contributed by atoms with Gasteiger partial charge in [-0.3, -0.25) is 19.5 Å². The molecule has 3 N–H and O–H groups in total. The summed E-state index contributed by atoms with van der Waals surface area (Å²) in [6, 6.07) is 8.74. The number of hydrogen-bond acceptors (Lipinski definition) is 6. The number of carbonyl (C=O) groups excluding carboxylic acids is 3. The molecule has 0 unspecified atom stereocenters. The normalized spacial score (nSPS) is 19.9. The van der Waals surface area contributed by atoms with E-state index in [0.717, 1.165) is 5.56 Å². The van der Waals surface area contributed by atoms with E-state index in [2.05, 4.69) is 32.3 Å². The molecule has 10 nitrogen and oxygen atoms in total. The van der Waals surface area contributed by atoms with Crippen LogP contribution in [0.4, 0.5) is 5.69 Å². The number of likely N-dealkylation sites (tertiary alicyclic amines) is 2. The number of fused-ring (bicyclic) bond motifs is 1. The smallest absolute Gasteiger partial charge is 0.276 e. The quantitative estimate of drug-likeness (QED) is 0.489. The molecule has 178 valence electrons. The molecule has 3 aromatic rings. The highest BCUT2D eigenvalue weighted by Crippen LogP contribution is 2.29. The molecule has 2 aliphatic rings. The molecule has 35 heavy (non-hydrogen) atoms. The minimum absolute atomic E-state index is 0.0434. The van der Waals surface area contributed by atoms with Crippen LogP contribution in [-0.4, -0.2) is 80.1 Å². The molecule has 0 spiro atoms. The van der Waals surface area contributed by atoms with Crippen molar-refractivity contribution in [2.24, 2.45) is 0 Å². The van der Waals surface area contributed by atoms with Gasteiger partial charge in [0.2, 0.25) is 11.5 Å². The zero-order valence-corrected chi connectivity index (χ0v) is 19.3. The van der Waals surface area contributed by atoms with Crippen molar-refractivity contribution in [2.45, 2.75) is 24.9 Å². The Labute approximate surface area is 201 Å². The van der Waals surface area contributed by atoms with E-state index in [1.807, 2.05) is 6.07 Å². The Kier molecular flexibility index (Phi) is 5.49. The summed E-state index contributed by atoms with van der Waals surface area (Å²) < 4.78 is 0. The van der Waals surface area contributed by atoms with Gasteiger partial charge < -0.3 is 20.2 Å². The third-order valence-electron chi connectivity index (χ3n) is 6.49. The van der Waals surface area contributed by atoms with Gasteiger partial charge in [0.1, 0.15) is 0 Å². The number of rotatable bonds is 3. The predicted octanol–water partition coefficient (Wildman–Crippen LogP) is 1.10. The highest BCUT2D eigenvalue weighted by Gasteiger charge is 2.42. The zero-order chi connectivity index (χ0) is 24.7.